The maximum Gasteiger partial charge on any atom is 0.305 e. The van der Waals surface area contributed by atoms with Gasteiger partial charge in [0.05, 0.1) is 6.42 Å². The summed E-state index contributed by atoms with van der Waals surface area (Å²) in [6, 6.07) is -0.294. The van der Waals surface area contributed by atoms with E-state index in [0.29, 0.717) is 12.8 Å². The van der Waals surface area contributed by atoms with Gasteiger partial charge in [-0.15, -0.1) is 0 Å². The van der Waals surface area contributed by atoms with E-state index in [2.05, 4.69) is 5.32 Å². The van der Waals surface area contributed by atoms with Crippen molar-refractivity contribution in [3.63, 3.8) is 0 Å². The Morgan fingerprint density at radius 2 is 1.56 bits per heavy atom. The summed E-state index contributed by atoms with van der Waals surface area (Å²) in [6.07, 6.45) is 1.05. The predicted octanol–water partition coefficient (Wildman–Crippen LogP) is 2.82. The molecule has 4 nitrogen and oxygen atoms in total. The number of nitrogens with one attached hydrogen (secondary N) is 1. The molecule has 0 aliphatic rings. The molecule has 0 bridgehead atoms. The number of carbonyl (C=O) groups is 2. The smallest absolute Gasteiger partial charge is 0.305 e. The second-order valence-corrected chi connectivity index (χ2v) is 7.36. The van der Waals surface area contributed by atoms with Crippen LogP contribution < -0.4 is 5.32 Å². The number of amides is 1. The van der Waals surface area contributed by atoms with Crippen LogP contribution in [-0.2, 0) is 9.59 Å². The quantitative estimate of drug-likeness (QED) is 0.796. The van der Waals surface area contributed by atoms with Crippen LogP contribution in [0.1, 0.15) is 60.8 Å². The fourth-order valence-corrected chi connectivity index (χ4v) is 1.88. The molecule has 0 fully saturated rings. The van der Waals surface area contributed by atoms with Gasteiger partial charge in [-0.2, -0.15) is 0 Å². The maximum atomic E-state index is 11.8. The maximum absolute atomic E-state index is 11.8. The van der Waals surface area contributed by atoms with E-state index < -0.39 is 5.97 Å². The third-order valence-electron chi connectivity index (χ3n) is 2.34. The van der Waals surface area contributed by atoms with E-state index >= 15 is 0 Å². The molecule has 1 amide bonds. The molecule has 18 heavy (non-hydrogen) atoms. The normalized spacial score (nSPS) is 14.1. The van der Waals surface area contributed by atoms with Crippen molar-refractivity contribution < 1.29 is 14.7 Å². The molecule has 2 N–H and O–H groups in total. The van der Waals surface area contributed by atoms with Gasteiger partial charge >= 0.3 is 5.97 Å². The number of hydrogen-bond acceptors (Lipinski definition) is 2. The lowest BCUT2D eigenvalue weighted by Gasteiger charge is -2.27. The minimum absolute atomic E-state index is 0.00483. The highest BCUT2D eigenvalue weighted by molar-refractivity contribution is 5.78. The van der Waals surface area contributed by atoms with Crippen molar-refractivity contribution in [2.75, 3.05) is 0 Å². The minimum Gasteiger partial charge on any atom is -0.481 e. The van der Waals surface area contributed by atoms with Crippen molar-refractivity contribution in [2.45, 2.75) is 66.8 Å². The number of carbonyl (C=O) groups excluding carboxylic acids is 1. The molecule has 106 valence electrons. The zero-order chi connectivity index (χ0) is 14.6. The molecule has 0 radical (unpaired) electrons. The van der Waals surface area contributed by atoms with Crippen molar-refractivity contribution in [1.82, 2.24) is 5.32 Å². The van der Waals surface area contributed by atoms with E-state index in [4.69, 9.17) is 5.11 Å². The minimum atomic E-state index is -0.875. The summed E-state index contributed by atoms with van der Waals surface area (Å²) in [4.78, 5) is 22.6. The monoisotopic (exact) mass is 257 g/mol. The first-order valence-corrected chi connectivity index (χ1v) is 6.40. The molecule has 0 aliphatic heterocycles. The van der Waals surface area contributed by atoms with Crippen molar-refractivity contribution in [2.24, 2.45) is 10.8 Å². The molecule has 0 saturated carbocycles. The first kappa shape index (κ1) is 16.9. The summed E-state index contributed by atoms with van der Waals surface area (Å²) in [5.41, 5.74) is -0.0886. The number of carboxylic acids is 1. The van der Waals surface area contributed by atoms with Crippen molar-refractivity contribution >= 4 is 11.9 Å². The largest absolute Gasteiger partial charge is 0.481 e. The van der Waals surface area contributed by atoms with Crippen LogP contribution >= 0.6 is 0 Å². The zero-order valence-corrected chi connectivity index (χ0v) is 12.5. The van der Waals surface area contributed by atoms with Crippen LogP contribution in [0.4, 0.5) is 0 Å². The van der Waals surface area contributed by atoms with E-state index in [9.17, 15) is 9.59 Å². The molecule has 0 saturated heterocycles. The van der Waals surface area contributed by atoms with Gasteiger partial charge in [-0.25, -0.2) is 0 Å². The standard InChI is InChI=1S/C14H27NO3/c1-13(2,3)8-10(7-12(17)18)15-11(16)9-14(4,5)6/h10H,7-9H2,1-6H3,(H,15,16)(H,17,18). The Morgan fingerprint density at radius 3 is 1.89 bits per heavy atom. The zero-order valence-electron chi connectivity index (χ0n) is 12.5. The Labute approximate surface area is 110 Å². The van der Waals surface area contributed by atoms with Gasteiger partial charge < -0.3 is 10.4 Å². The van der Waals surface area contributed by atoms with E-state index in [-0.39, 0.29) is 29.2 Å². The SMILES string of the molecule is CC(C)(C)CC(=O)NC(CC(=O)O)CC(C)(C)C. The Morgan fingerprint density at radius 1 is 1.06 bits per heavy atom. The molecule has 0 aromatic rings. The van der Waals surface area contributed by atoms with E-state index in [0.717, 1.165) is 0 Å². The van der Waals surface area contributed by atoms with Gasteiger partial charge in [0.25, 0.3) is 0 Å². The van der Waals surface area contributed by atoms with Gasteiger partial charge in [-0.05, 0) is 17.3 Å². The van der Waals surface area contributed by atoms with Gasteiger partial charge in [0, 0.05) is 12.5 Å². The van der Waals surface area contributed by atoms with Gasteiger partial charge in [0.15, 0.2) is 0 Å². The van der Waals surface area contributed by atoms with Crippen LogP contribution in [0.2, 0.25) is 0 Å². The lowest BCUT2D eigenvalue weighted by atomic mass is 9.86. The van der Waals surface area contributed by atoms with E-state index in [1.807, 2.05) is 41.5 Å². The second kappa shape index (κ2) is 6.21. The summed E-state index contributed by atoms with van der Waals surface area (Å²) in [5.74, 6) is -0.946. The van der Waals surface area contributed by atoms with Crippen molar-refractivity contribution in [3.8, 4) is 0 Å². The molecule has 0 aliphatic carbocycles. The molecule has 1 atom stereocenters. The summed E-state index contributed by atoms with van der Waals surface area (Å²) in [5, 5.41) is 11.7. The molecule has 4 heteroatoms. The van der Waals surface area contributed by atoms with Crippen molar-refractivity contribution in [1.29, 1.82) is 0 Å². The molecule has 0 heterocycles. The average Bonchev–Trinajstić information content (AvgIpc) is 1.92. The van der Waals surface area contributed by atoms with Gasteiger partial charge in [-0.3, -0.25) is 9.59 Å². The Bertz CT molecular complexity index is 297. The topological polar surface area (TPSA) is 66.4 Å². The summed E-state index contributed by atoms with van der Waals surface area (Å²) >= 11 is 0. The third kappa shape index (κ3) is 10.1. The van der Waals surface area contributed by atoms with Gasteiger partial charge in [-0.1, -0.05) is 41.5 Å². The molecule has 0 aromatic carbocycles. The van der Waals surface area contributed by atoms with Crippen LogP contribution in [-0.4, -0.2) is 23.0 Å². The average molecular weight is 257 g/mol. The first-order valence-electron chi connectivity index (χ1n) is 6.40. The van der Waals surface area contributed by atoms with Crippen molar-refractivity contribution in [3.05, 3.63) is 0 Å². The highest BCUT2D eigenvalue weighted by Crippen LogP contribution is 2.23. The molecule has 0 spiro atoms. The van der Waals surface area contributed by atoms with Crippen LogP contribution in [0.3, 0.4) is 0 Å². The fraction of sp³-hybridized carbons (Fsp3) is 0.857. The predicted molar refractivity (Wildman–Crippen MR) is 72.3 cm³/mol. The first-order chi connectivity index (χ1) is 7.89. The Balaban J connectivity index is 4.50. The molecule has 0 rings (SSSR count). The number of rotatable bonds is 5. The van der Waals surface area contributed by atoms with Crippen LogP contribution in [0.25, 0.3) is 0 Å². The van der Waals surface area contributed by atoms with E-state index in [1.165, 1.54) is 0 Å². The van der Waals surface area contributed by atoms with Crippen LogP contribution in [0.5, 0.6) is 0 Å². The lowest BCUT2D eigenvalue weighted by Crippen LogP contribution is -2.40. The van der Waals surface area contributed by atoms with Crippen LogP contribution in [0.15, 0.2) is 0 Å². The molecule has 1 unspecified atom stereocenters. The number of aliphatic carboxylic acids is 1. The van der Waals surface area contributed by atoms with Gasteiger partial charge in [0.2, 0.25) is 5.91 Å². The summed E-state index contributed by atoms with van der Waals surface area (Å²) in [6.45, 7) is 12.1. The van der Waals surface area contributed by atoms with E-state index in [1.54, 1.807) is 0 Å². The Hall–Kier alpha value is -1.06. The second-order valence-electron chi connectivity index (χ2n) is 7.36. The number of hydrogen-bond donors (Lipinski definition) is 2. The highest BCUT2D eigenvalue weighted by atomic mass is 16.4. The highest BCUT2D eigenvalue weighted by Gasteiger charge is 2.24. The lowest BCUT2D eigenvalue weighted by molar-refractivity contribution is -0.138. The Kier molecular flexibility index (Phi) is 5.84. The third-order valence-corrected chi connectivity index (χ3v) is 2.34. The summed E-state index contributed by atoms with van der Waals surface area (Å²) < 4.78 is 0. The molecule has 0 aromatic heterocycles. The summed E-state index contributed by atoms with van der Waals surface area (Å²) in [7, 11) is 0. The molecular weight excluding hydrogens is 230 g/mol. The fourth-order valence-electron chi connectivity index (χ4n) is 1.88. The number of carboxylic acid groups (broad SMARTS) is 1. The van der Waals surface area contributed by atoms with Crippen LogP contribution in [0, 0.1) is 10.8 Å². The van der Waals surface area contributed by atoms with Gasteiger partial charge in [0.1, 0.15) is 0 Å². The molecular formula is C14H27NO3.